The first-order valence-corrected chi connectivity index (χ1v) is 9.18. The predicted octanol–water partition coefficient (Wildman–Crippen LogP) is 3.19. The summed E-state index contributed by atoms with van der Waals surface area (Å²) in [7, 11) is 3.30. The molecule has 0 unspecified atom stereocenters. The van der Waals surface area contributed by atoms with Crippen LogP contribution >= 0.6 is 0 Å². The molecule has 1 aromatic carbocycles. The van der Waals surface area contributed by atoms with E-state index in [0.717, 1.165) is 11.3 Å². The quantitative estimate of drug-likeness (QED) is 0.655. The standard InChI is InChI=1S/C21H26N4O3/c1-21(2,3)16-8-6-7-9-17(16)28-13-12-24(4)20(26)19-23-22-18-11-10-15(27-5)14-25(18)19/h6-11,14H,12-13H2,1-5H3. The van der Waals surface area contributed by atoms with Crippen LogP contribution in [-0.4, -0.2) is 52.7 Å². The maximum absolute atomic E-state index is 12.8. The molecule has 148 valence electrons. The second-order valence-electron chi connectivity index (χ2n) is 7.64. The summed E-state index contributed by atoms with van der Waals surface area (Å²) in [4.78, 5) is 14.4. The van der Waals surface area contributed by atoms with Crippen molar-refractivity contribution >= 4 is 11.6 Å². The van der Waals surface area contributed by atoms with Crippen LogP contribution in [0.4, 0.5) is 0 Å². The highest BCUT2D eigenvalue weighted by atomic mass is 16.5. The zero-order valence-corrected chi connectivity index (χ0v) is 17.0. The monoisotopic (exact) mass is 382 g/mol. The predicted molar refractivity (Wildman–Crippen MR) is 107 cm³/mol. The number of carbonyl (C=O) groups is 1. The lowest BCUT2D eigenvalue weighted by Crippen LogP contribution is -2.32. The number of methoxy groups -OCH3 is 1. The van der Waals surface area contributed by atoms with E-state index in [1.165, 1.54) is 0 Å². The van der Waals surface area contributed by atoms with E-state index in [1.54, 1.807) is 41.8 Å². The minimum Gasteiger partial charge on any atom is -0.495 e. The molecule has 7 nitrogen and oxygen atoms in total. The molecule has 3 rings (SSSR count). The molecule has 3 aromatic rings. The van der Waals surface area contributed by atoms with Crippen LogP contribution in [0.3, 0.4) is 0 Å². The molecular weight excluding hydrogens is 356 g/mol. The third kappa shape index (κ3) is 4.08. The fourth-order valence-corrected chi connectivity index (χ4v) is 2.91. The highest BCUT2D eigenvalue weighted by Gasteiger charge is 2.21. The molecule has 0 bridgehead atoms. The Bertz CT molecular complexity index is 975. The number of nitrogens with zero attached hydrogens (tertiary/aromatic N) is 4. The number of pyridine rings is 1. The van der Waals surface area contributed by atoms with E-state index in [-0.39, 0.29) is 17.1 Å². The van der Waals surface area contributed by atoms with Crippen molar-refractivity contribution in [2.75, 3.05) is 27.3 Å². The van der Waals surface area contributed by atoms with E-state index >= 15 is 0 Å². The lowest BCUT2D eigenvalue weighted by Gasteiger charge is -2.23. The van der Waals surface area contributed by atoms with Gasteiger partial charge >= 0.3 is 0 Å². The average molecular weight is 382 g/mol. The summed E-state index contributed by atoms with van der Waals surface area (Å²) in [5, 5.41) is 8.07. The van der Waals surface area contributed by atoms with Gasteiger partial charge in [-0.2, -0.15) is 0 Å². The SMILES string of the molecule is COc1ccc2nnc(C(=O)N(C)CCOc3ccccc3C(C)(C)C)n2c1. The molecule has 0 radical (unpaired) electrons. The van der Waals surface area contributed by atoms with Crippen LogP contribution in [0.2, 0.25) is 0 Å². The number of amides is 1. The van der Waals surface area contributed by atoms with E-state index in [4.69, 9.17) is 9.47 Å². The van der Waals surface area contributed by atoms with Crippen molar-refractivity contribution in [3.05, 3.63) is 54.0 Å². The normalized spacial score (nSPS) is 11.5. The lowest BCUT2D eigenvalue weighted by molar-refractivity contribution is 0.0760. The third-order valence-electron chi connectivity index (χ3n) is 4.53. The Labute approximate surface area is 164 Å². The largest absolute Gasteiger partial charge is 0.495 e. The Morgan fingerprint density at radius 2 is 1.89 bits per heavy atom. The van der Waals surface area contributed by atoms with Crippen LogP contribution in [0.1, 0.15) is 37.0 Å². The van der Waals surface area contributed by atoms with Crippen molar-refractivity contribution in [3.8, 4) is 11.5 Å². The molecule has 7 heteroatoms. The van der Waals surface area contributed by atoms with Gasteiger partial charge in [0.25, 0.3) is 5.91 Å². The molecule has 0 saturated carbocycles. The molecule has 2 heterocycles. The number of fused-ring (bicyclic) bond motifs is 1. The van der Waals surface area contributed by atoms with Gasteiger partial charge in [-0.25, -0.2) is 0 Å². The van der Waals surface area contributed by atoms with Gasteiger partial charge in [-0.15, -0.1) is 10.2 Å². The van der Waals surface area contributed by atoms with Crippen LogP contribution in [0.5, 0.6) is 11.5 Å². The minimum absolute atomic E-state index is 0.0161. The number of carbonyl (C=O) groups excluding carboxylic acids is 1. The number of para-hydroxylation sites is 1. The van der Waals surface area contributed by atoms with Gasteiger partial charge in [-0.3, -0.25) is 9.20 Å². The highest BCUT2D eigenvalue weighted by Crippen LogP contribution is 2.30. The topological polar surface area (TPSA) is 69.0 Å². The van der Waals surface area contributed by atoms with Gasteiger partial charge in [-0.1, -0.05) is 39.0 Å². The molecule has 28 heavy (non-hydrogen) atoms. The summed E-state index contributed by atoms with van der Waals surface area (Å²) in [5.74, 6) is 1.49. The number of rotatable bonds is 6. The number of aromatic nitrogens is 3. The van der Waals surface area contributed by atoms with Crippen LogP contribution in [0.15, 0.2) is 42.6 Å². The molecule has 1 amide bonds. The molecule has 0 aliphatic carbocycles. The molecule has 0 saturated heterocycles. The molecule has 0 atom stereocenters. The van der Waals surface area contributed by atoms with Gasteiger partial charge in [0.2, 0.25) is 5.82 Å². The van der Waals surface area contributed by atoms with E-state index < -0.39 is 0 Å². The van der Waals surface area contributed by atoms with Crippen molar-refractivity contribution in [1.82, 2.24) is 19.5 Å². The Kier molecular flexibility index (Phi) is 5.53. The van der Waals surface area contributed by atoms with E-state index in [0.29, 0.717) is 24.5 Å². The van der Waals surface area contributed by atoms with E-state index in [1.807, 2.05) is 18.2 Å². The first kappa shape index (κ1) is 19.7. The molecule has 0 aliphatic heterocycles. The van der Waals surface area contributed by atoms with Gasteiger partial charge in [0.05, 0.1) is 19.9 Å². The molecule has 2 aromatic heterocycles. The first-order valence-electron chi connectivity index (χ1n) is 9.18. The maximum atomic E-state index is 12.8. The first-order chi connectivity index (χ1) is 13.3. The lowest BCUT2D eigenvalue weighted by atomic mass is 9.86. The zero-order valence-electron chi connectivity index (χ0n) is 17.0. The van der Waals surface area contributed by atoms with Gasteiger partial charge in [0.15, 0.2) is 5.65 Å². The van der Waals surface area contributed by atoms with Gasteiger partial charge < -0.3 is 14.4 Å². The number of hydrogen-bond donors (Lipinski definition) is 0. The van der Waals surface area contributed by atoms with E-state index in [2.05, 4.69) is 37.0 Å². The molecular formula is C21H26N4O3. The highest BCUT2D eigenvalue weighted by molar-refractivity contribution is 5.91. The molecule has 0 aliphatic rings. The third-order valence-corrected chi connectivity index (χ3v) is 4.53. The summed E-state index contributed by atoms with van der Waals surface area (Å²) in [5.41, 5.74) is 1.71. The number of benzene rings is 1. The minimum atomic E-state index is -0.228. The molecule has 0 fully saturated rings. The van der Waals surface area contributed by atoms with E-state index in [9.17, 15) is 4.79 Å². The van der Waals surface area contributed by atoms with Crippen molar-refractivity contribution in [3.63, 3.8) is 0 Å². The van der Waals surface area contributed by atoms with Crippen molar-refractivity contribution in [2.24, 2.45) is 0 Å². The van der Waals surface area contributed by atoms with Crippen molar-refractivity contribution in [2.45, 2.75) is 26.2 Å². The second kappa shape index (κ2) is 7.88. The van der Waals surface area contributed by atoms with Crippen molar-refractivity contribution in [1.29, 1.82) is 0 Å². The maximum Gasteiger partial charge on any atom is 0.292 e. The fourth-order valence-electron chi connectivity index (χ4n) is 2.91. The van der Waals surface area contributed by atoms with Crippen LogP contribution < -0.4 is 9.47 Å². The van der Waals surface area contributed by atoms with Crippen molar-refractivity contribution < 1.29 is 14.3 Å². The Morgan fingerprint density at radius 1 is 1.14 bits per heavy atom. The van der Waals surface area contributed by atoms with Gasteiger partial charge in [0.1, 0.15) is 18.1 Å². The summed E-state index contributed by atoms with van der Waals surface area (Å²) < 4.78 is 12.8. The Balaban J connectivity index is 1.68. The fraction of sp³-hybridized carbons (Fsp3) is 0.381. The number of likely N-dealkylation sites (N-methyl/N-ethyl adjacent to an activating group) is 1. The van der Waals surface area contributed by atoms with Crippen LogP contribution in [-0.2, 0) is 5.41 Å². The number of ether oxygens (including phenoxy) is 2. The summed E-state index contributed by atoms with van der Waals surface area (Å²) >= 11 is 0. The average Bonchev–Trinajstić information content (AvgIpc) is 3.09. The van der Waals surface area contributed by atoms with Crippen LogP contribution in [0, 0.1) is 0 Å². The summed E-state index contributed by atoms with van der Waals surface area (Å²) in [6, 6.07) is 11.5. The Morgan fingerprint density at radius 3 is 2.61 bits per heavy atom. The molecule has 0 N–H and O–H groups in total. The van der Waals surface area contributed by atoms with Gasteiger partial charge in [-0.05, 0) is 29.2 Å². The van der Waals surface area contributed by atoms with Crippen LogP contribution in [0.25, 0.3) is 5.65 Å². The summed E-state index contributed by atoms with van der Waals surface area (Å²) in [6.45, 7) is 7.26. The van der Waals surface area contributed by atoms with Gasteiger partial charge in [0, 0.05) is 7.05 Å². The smallest absolute Gasteiger partial charge is 0.292 e. The second-order valence-corrected chi connectivity index (χ2v) is 7.64. The zero-order chi connectivity index (χ0) is 20.3. The summed E-state index contributed by atoms with van der Waals surface area (Å²) in [6.07, 6.45) is 1.70. The molecule has 0 spiro atoms. The Hall–Kier alpha value is -3.09. The number of hydrogen-bond acceptors (Lipinski definition) is 5.